The van der Waals surface area contributed by atoms with Gasteiger partial charge in [0.05, 0.1) is 5.60 Å². The van der Waals surface area contributed by atoms with Crippen molar-refractivity contribution in [2.24, 2.45) is 17.8 Å². The standard InChI is InChI=1S/C13H24O/c1-10(2)9-13(14)8-7-11-5-3-4-6-12(11)13/h10-12,14H,3-9H2,1-2H3. The van der Waals surface area contributed by atoms with Gasteiger partial charge in [0.15, 0.2) is 0 Å². The van der Waals surface area contributed by atoms with Gasteiger partial charge in [0, 0.05) is 0 Å². The second-order valence-electron chi connectivity index (χ2n) is 5.89. The third kappa shape index (κ3) is 1.84. The first-order chi connectivity index (χ1) is 6.62. The molecule has 0 aliphatic heterocycles. The van der Waals surface area contributed by atoms with Crippen molar-refractivity contribution < 1.29 is 5.11 Å². The summed E-state index contributed by atoms with van der Waals surface area (Å²) >= 11 is 0. The molecule has 2 aliphatic carbocycles. The van der Waals surface area contributed by atoms with Crippen LogP contribution < -0.4 is 0 Å². The van der Waals surface area contributed by atoms with Gasteiger partial charge in [-0.3, -0.25) is 0 Å². The van der Waals surface area contributed by atoms with Gasteiger partial charge in [0.1, 0.15) is 0 Å². The first kappa shape index (κ1) is 10.5. The quantitative estimate of drug-likeness (QED) is 0.718. The van der Waals surface area contributed by atoms with Crippen molar-refractivity contribution in [3.8, 4) is 0 Å². The molecule has 1 N–H and O–H groups in total. The molecule has 0 radical (unpaired) electrons. The van der Waals surface area contributed by atoms with Gasteiger partial charge in [-0.25, -0.2) is 0 Å². The highest BCUT2D eigenvalue weighted by molar-refractivity contribution is 4.98. The van der Waals surface area contributed by atoms with E-state index in [-0.39, 0.29) is 5.60 Å². The molecule has 1 nitrogen and oxygen atoms in total. The van der Waals surface area contributed by atoms with Crippen LogP contribution in [0.5, 0.6) is 0 Å². The zero-order valence-corrected chi connectivity index (χ0v) is 9.63. The van der Waals surface area contributed by atoms with Gasteiger partial charge in [-0.05, 0) is 43.4 Å². The molecule has 1 heteroatoms. The van der Waals surface area contributed by atoms with Crippen LogP contribution in [0.25, 0.3) is 0 Å². The van der Waals surface area contributed by atoms with E-state index < -0.39 is 0 Å². The van der Waals surface area contributed by atoms with E-state index in [0.29, 0.717) is 11.8 Å². The van der Waals surface area contributed by atoms with Crippen LogP contribution >= 0.6 is 0 Å². The molecule has 0 amide bonds. The Morgan fingerprint density at radius 3 is 2.64 bits per heavy atom. The summed E-state index contributed by atoms with van der Waals surface area (Å²) in [5.74, 6) is 2.13. The van der Waals surface area contributed by atoms with E-state index >= 15 is 0 Å². The number of hydrogen-bond acceptors (Lipinski definition) is 1. The number of aliphatic hydroxyl groups is 1. The predicted octanol–water partition coefficient (Wildman–Crippen LogP) is 3.36. The molecule has 0 saturated heterocycles. The van der Waals surface area contributed by atoms with Gasteiger partial charge in [-0.1, -0.05) is 33.1 Å². The van der Waals surface area contributed by atoms with Crippen molar-refractivity contribution in [3.05, 3.63) is 0 Å². The zero-order chi connectivity index (χ0) is 10.2. The molecular formula is C13H24O. The Bertz CT molecular complexity index is 199. The van der Waals surface area contributed by atoms with Crippen LogP contribution in [0, 0.1) is 17.8 Å². The largest absolute Gasteiger partial charge is 0.390 e. The fraction of sp³-hybridized carbons (Fsp3) is 1.00. The van der Waals surface area contributed by atoms with Crippen molar-refractivity contribution in [2.45, 2.75) is 64.4 Å². The summed E-state index contributed by atoms with van der Waals surface area (Å²) in [6.07, 6.45) is 8.79. The van der Waals surface area contributed by atoms with E-state index in [0.717, 1.165) is 18.8 Å². The highest BCUT2D eigenvalue weighted by atomic mass is 16.3. The maximum absolute atomic E-state index is 10.7. The minimum atomic E-state index is -0.292. The van der Waals surface area contributed by atoms with Crippen LogP contribution in [0.2, 0.25) is 0 Å². The Hall–Kier alpha value is -0.0400. The van der Waals surface area contributed by atoms with Crippen LogP contribution in [0.4, 0.5) is 0 Å². The average molecular weight is 196 g/mol. The molecule has 14 heavy (non-hydrogen) atoms. The number of hydrogen-bond donors (Lipinski definition) is 1. The summed E-state index contributed by atoms with van der Waals surface area (Å²) in [5.41, 5.74) is -0.292. The minimum Gasteiger partial charge on any atom is -0.390 e. The summed E-state index contributed by atoms with van der Waals surface area (Å²) < 4.78 is 0. The maximum Gasteiger partial charge on any atom is 0.0681 e. The first-order valence-corrected chi connectivity index (χ1v) is 6.34. The molecule has 2 fully saturated rings. The third-order valence-corrected chi connectivity index (χ3v) is 4.31. The number of rotatable bonds is 2. The van der Waals surface area contributed by atoms with Crippen molar-refractivity contribution >= 4 is 0 Å². The molecule has 0 heterocycles. The lowest BCUT2D eigenvalue weighted by atomic mass is 9.73. The Kier molecular flexibility index (Phi) is 2.88. The molecule has 0 aromatic rings. The lowest BCUT2D eigenvalue weighted by Gasteiger charge is -2.36. The van der Waals surface area contributed by atoms with Crippen LogP contribution in [0.15, 0.2) is 0 Å². The van der Waals surface area contributed by atoms with Gasteiger partial charge >= 0.3 is 0 Å². The summed E-state index contributed by atoms with van der Waals surface area (Å²) in [6, 6.07) is 0. The second kappa shape index (κ2) is 3.84. The lowest BCUT2D eigenvalue weighted by molar-refractivity contribution is -0.0352. The molecular weight excluding hydrogens is 172 g/mol. The summed E-state index contributed by atoms with van der Waals surface area (Å²) in [5, 5.41) is 10.7. The van der Waals surface area contributed by atoms with Gasteiger partial charge in [0.2, 0.25) is 0 Å². The Morgan fingerprint density at radius 1 is 1.21 bits per heavy atom. The minimum absolute atomic E-state index is 0.292. The smallest absolute Gasteiger partial charge is 0.0681 e. The topological polar surface area (TPSA) is 20.2 Å². The van der Waals surface area contributed by atoms with Crippen LogP contribution in [-0.4, -0.2) is 10.7 Å². The molecule has 82 valence electrons. The Labute approximate surface area is 87.9 Å². The van der Waals surface area contributed by atoms with Gasteiger partial charge in [0.25, 0.3) is 0 Å². The van der Waals surface area contributed by atoms with E-state index in [9.17, 15) is 5.11 Å². The lowest BCUT2D eigenvalue weighted by Crippen LogP contribution is -2.38. The average Bonchev–Trinajstić information content (AvgIpc) is 2.44. The highest BCUT2D eigenvalue weighted by Gasteiger charge is 2.47. The Balaban J connectivity index is 2.05. The van der Waals surface area contributed by atoms with Crippen molar-refractivity contribution in [1.29, 1.82) is 0 Å². The second-order valence-corrected chi connectivity index (χ2v) is 5.89. The van der Waals surface area contributed by atoms with E-state index in [1.807, 2.05) is 0 Å². The SMILES string of the molecule is CC(C)CC1(O)CCC2CCCCC21. The van der Waals surface area contributed by atoms with Crippen LogP contribution in [-0.2, 0) is 0 Å². The molecule has 2 rings (SSSR count). The highest BCUT2D eigenvalue weighted by Crippen LogP contribution is 2.50. The van der Waals surface area contributed by atoms with E-state index in [1.54, 1.807) is 0 Å². The summed E-state index contributed by atoms with van der Waals surface area (Å²) in [4.78, 5) is 0. The molecule has 2 aliphatic rings. The van der Waals surface area contributed by atoms with E-state index in [2.05, 4.69) is 13.8 Å². The molecule has 3 unspecified atom stereocenters. The molecule has 0 bridgehead atoms. The summed E-state index contributed by atoms with van der Waals surface area (Å²) in [7, 11) is 0. The predicted molar refractivity (Wildman–Crippen MR) is 59.1 cm³/mol. The van der Waals surface area contributed by atoms with Crippen molar-refractivity contribution in [3.63, 3.8) is 0 Å². The molecule has 2 saturated carbocycles. The van der Waals surface area contributed by atoms with Gasteiger partial charge in [-0.15, -0.1) is 0 Å². The summed E-state index contributed by atoms with van der Waals surface area (Å²) in [6.45, 7) is 4.46. The monoisotopic (exact) mass is 196 g/mol. The molecule has 0 spiro atoms. The number of fused-ring (bicyclic) bond motifs is 1. The van der Waals surface area contributed by atoms with Gasteiger partial charge in [-0.2, -0.15) is 0 Å². The van der Waals surface area contributed by atoms with Crippen LogP contribution in [0.1, 0.15) is 58.8 Å². The fourth-order valence-electron chi connectivity index (χ4n) is 3.84. The maximum atomic E-state index is 10.7. The first-order valence-electron chi connectivity index (χ1n) is 6.34. The molecule has 3 atom stereocenters. The van der Waals surface area contributed by atoms with Gasteiger partial charge < -0.3 is 5.11 Å². The van der Waals surface area contributed by atoms with Crippen molar-refractivity contribution in [1.82, 2.24) is 0 Å². The fourth-order valence-corrected chi connectivity index (χ4v) is 3.84. The molecule has 0 aromatic heterocycles. The molecule has 0 aromatic carbocycles. The van der Waals surface area contributed by atoms with E-state index in [4.69, 9.17) is 0 Å². The Morgan fingerprint density at radius 2 is 1.93 bits per heavy atom. The van der Waals surface area contributed by atoms with Crippen LogP contribution in [0.3, 0.4) is 0 Å². The van der Waals surface area contributed by atoms with Crippen molar-refractivity contribution in [2.75, 3.05) is 0 Å². The third-order valence-electron chi connectivity index (χ3n) is 4.31. The normalized spacial score (nSPS) is 42.9. The zero-order valence-electron chi connectivity index (χ0n) is 9.63. The van der Waals surface area contributed by atoms with E-state index in [1.165, 1.54) is 32.1 Å².